The van der Waals surface area contributed by atoms with Gasteiger partial charge in [0.2, 0.25) is 0 Å². The number of hydrogen-bond acceptors (Lipinski definition) is 2. The Bertz CT molecular complexity index is 635. The lowest BCUT2D eigenvalue weighted by atomic mass is 10.1. The molecule has 1 aromatic heterocycles. The van der Waals surface area contributed by atoms with Crippen LogP contribution in [0.4, 0.5) is 10.1 Å². The van der Waals surface area contributed by atoms with Crippen molar-refractivity contribution in [1.82, 2.24) is 4.98 Å². The molecule has 1 aliphatic carbocycles. The Hall–Kier alpha value is -1.16. The van der Waals surface area contributed by atoms with Gasteiger partial charge in [-0.1, -0.05) is 0 Å². The number of benzene rings is 1. The Kier molecular flexibility index (Phi) is 2.77. The maximum atomic E-state index is 14.2. The third kappa shape index (κ3) is 1.79. The summed E-state index contributed by atoms with van der Waals surface area (Å²) in [5.74, 6) is 0.322. The van der Waals surface area contributed by atoms with Crippen LogP contribution >= 0.6 is 15.9 Å². The minimum absolute atomic E-state index is 0.241. The average Bonchev–Trinajstić information content (AvgIpc) is 3.18. The second-order valence-corrected chi connectivity index (χ2v) is 5.69. The van der Waals surface area contributed by atoms with Crippen molar-refractivity contribution in [3.63, 3.8) is 0 Å². The summed E-state index contributed by atoms with van der Waals surface area (Å²) in [7, 11) is 1.82. The van der Waals surface area contributed by atoms with E-state index in [0.717, 1.165) is 22.5 Å². The van der Waals surface area contributed by atoms with E-state index in [0.29, 0.717) is 15.8 Å². The molecule has 18 heavy (non-hydrogen) atoms. The van der Waals surface area contributed by atoms with Gasteiger partial charge in [-0.05, 0) is 53.4 Å². The van der Waals surface area contributed by atoms with Crippen molar-refractivity contribution in [3.05, 3.63) is 33.7 Å². The fraction of sp³-hybridized carbons (Fsp3) is 0.357. The number of halogens is 2. The second-order valence-electron chi connectivity index (χ2n) is 4.83. The Morgan fingerprint density at radius 3 is 2.72 bits per heavy atom. The number of aromatic nitrogens is 1. The number of anilines is 1. The van der Waals surface area contributed by atoms with Crippen LogP contribution in [0.2, 0.25) is 0 Å². The van der Waals surface area contributed by atoms with E-state index in [2.05, 4.69) is 26.2 Å². The predicted molar refractivity (Wildman–Crippen MR) is 75.7 cm³/mol. The fourth-order valence-corrected chi connectivity index (χ4v) is 2.84. The molecule has 4 heteroatoms. The molecule has 1 N–H and O–H groups in total. The van der Waals surface area contributed by atoms with Crippen molar-refractivity contribution < 1.29 is 4.39 Å². The normalized spacial score (nSPS) is 15.1. The van der Waals surface area contributed by atoms with Gasteiger partial charge in [0.25, 0.3) is 0 Å². The minimum Gasteiger partial charge on any atom is -0.387 e. The summed E-state index contributed by atoms with van der Waals surface area (Å²) < 4.78 is 14.7. The highest BCUT2D eigenvalue weighted by Gasteiger charge is 2.27. The van der Waals surface area contributed by atoms with E-state index in [1.54, 1.807) is 6.07 Å². The summed E-state index contributed by atoms with van der Waals surface area (Å²) >= 11 is 3.26. The summed E-state index contributed by atoms with van der Waals surface area (Å²) in [5, 5.41) is 3.67. The molecule has 0 atom stereocenters. The summed E-state index contributed by atoms with van der Waals surface area (Å²) in [6.45, 7) is 1.97. The fourth-order valence-electron chi connectivity index (χ4n) is 2.30. The molecule has 0 saturated heterocycles. The molecule has 0 aliphatic heterocycles. The van der Waals surface area contributed by atoms with Gasteiger partial charge in [0.05, 0.1) is 15.4 Å². The van der Waals surface area contributed by atoms with E-state index in [1.165, 1.54) is 12.8 Å². The molecular formula is C14H14BrFN2. The van der Waals surface area contributed by atoms with Crippen LogP contribution in [0.5, 0.6) is 0 Å². The van der Waals surface area contributed by atoms with Gasteiger partial charge >= 0.3 is 0 Å². The Morgan fingerprint density at radius 1 is 1.39 bits per heavy atom. The Labute approximate surface area is 114 Å². The van der Waals surface area contributed by atoms with Gasteiger partial charge in [0, 0.05) is 24.3 Å². The highest BCUT2D eigenvalue weighted by molar-refractivity contribution is 9.10. The van der Waals surface area contributed by atoms with E-state index in [9.17, 15) is 4.39 Å². The minimum atomic E-state index is -0.241. The van der Waals surface area contributed by atoms with E-state index in [-0.39, 0.29) is 5.82 Å². The van der Waals surface area contributed by atoms with Crippen molar-refractivity contribution in [2.75, 3.05) is 12.4 Å². The van der Waals surface area contributed by atoms with Crippen LogP contribution in [-0.4, -0.2) is 12.0 Å². The van der Waals surface area contributed by atoms with Crippen LogP contribution in [0, 0.1) is 12.7 Å². The molecule has 1 fully saturated rings. The van der Waals surface area contributed by atoms with Gasteiger partial charge in [0.15, 0.2) is 0 Å². The highest BCUT2D eigenvalue weighted by atomic mass is 79.9. The number of nitrogens with one attached hydrogen (secondary N) is 1. The van der Waals surface area contributed by atoms with Crippen molar-refractivity contribution in [2.24, 2.45) is 0 Å². The van der Waals surface area contributed by atoms with Crippen molar-refractivity contribution >= 4 is 32.5 Å². The molecular weight excluding hydrogens is 295 g/mol. The molecule has 3 rings (SSSR count). The molecule has 0 radical (unpaired) electrons. The molecule has 1 aliphatic rings. The SMILES string of the molecule is CNc1cc(C2CC2)nc2c(C)cc(Br)c(F)c12. The zero-order chi connectivity index (χ0) is 12.9. The van der Waals surface area contributed by atoms with Crippen molar-refractivity contribution in [1.29, 1.82) is 0 Å². The number of fused-ring (bicyclic) bond motifs is 1. The molecule has 0 bridgehead atoms. The van der Waals surface area contributed by atoms with Gasteiger partial charge in [-0.2, -0.15) is 0 Å². The first kappa shape index (κ1) is 11.9. The zero-order valence-electron chi connectivity index (χ0n) is 10.3. The number of pyridine rings is 1. The lowest BCUT2D eigenvalue weighted by Crippen LogP contribution is -1.99. The predicted octanol–water partition coefficient (Wildman–Crippen LogP) is 4.36. The molecule has 0 amide bonds. The monoisotopic (exact) mass is 308 g/mol. The number of aryl methyl sites for hydroxylation is 1. The molecule has 94 valence electrons. The van der Waals surface area contributed by atoms with Crippen LogP contribution in [0.3, 0.4) is 0 Å². The molecule has 2 nitrogen and oxygen atoms in total. The van der Waals surface area contributed by atoms with Crippen molar-refractivity contribution in [3.8, 4) is 0 Å². The van der Waals surface area contributed by atoms with Crippen LogP contribution in [-0.2, 0) is 0 Å². The number of hydrogen-bond donors (Lipinski definition) is 1. The summed E-state index contributed by atoms with van der Waals surface area (Å²) in [5.41, 5.74) is 3.67. The lowest BCUT2D eigenvalue weighted by molar-refractivity contribution is 0.633. The van der Waals surface area contributed by atoms with Crippen molar-refractivity contribution in [2.45, 2.75) is 25.7 Å². The topological polar surface area (TPSA) is 24.9 Å². The van der Waals surface area contributed by atoms with Gasteiger partial charge in [-0.15, -0.1) is 0 Å². The summed E-state index contributed by atoms with van der Waals surface area (Å²) in [6.07, 6.45) is 2.39. The lowest BCUT2D eigenvalue weighted by Gasteiger charge is -2.12. The van der Waals surface area contributed by atoms with Crippen LogP contribution in [0.25, 0.3) is 10.9 Å². The van der Waals surface area contributed by atoms with E-state index in [1.807, 2.05) is 20.0 Å². The standard InChI is InChI=1S/C14H14BrFN2/c1-7-5-9(15)13(16)12-11(17-2)6-10(8-3-4-8)18-14(7)12/h5-6,8H,3-4H2,1-2H3,(H,17,18). The van der Waals surface area contributed by atoms with E-state index in [4.69, 9.17) is 0 Å². The molecule has 0 unspecified atom stereocenters. The van der Waals surface area contributed by atoms with Gasteiger partial charge in [0.1, 0.15) is 5.82 Å². The number of rotatable bonds is 2. The molecule has 1 saturated carbocycles. The molecule has 1 heterocycles. The first-order valence-electron chi connectivity index (χ1n) is 6.09. The summed E-state index contributed by atoms with van der Waals surface area (Å²) in [6, 6.07) is 3.77. The number of nitrogens with zero attached hydrogens (tertiary/aromatic N) is 1. The quantitative estimate of drug-likeness (QED) is 0.891. The van der Waals surface area contributed by atoms with E-state index >= 15 is 0 Å². The molecule has 0 spiro atoms. The molecule has 1 aromatic carbocycles. The Balaban J connectivity index is 2.38. The zero-order valence-corrected chi connectivity index (χ0v) is 11.9. The van der Waals surface area contributed by atoms with Gasteiger partial charge in [-0.3, -0.25) is 4.98 Å². The first-order valence-corrected chi connectivity index (χ1v) is 6.88. The van der Waals surface area contributed by atoms with Crippen LogP contribution in [0.1, 0.15) is 30.0 Å². The second kappa shape index (κ2) is 4.19. The maximum Gasteiger partial charge on any atom is 0.148 e. The first-order chi connectivity index (χ1) is 8.61. The van der Waals surface area contributed by atoms with Crippen LogP contribution < -0.4 is 5.32 Å². The largest absolute Gasteiger partial charge is 0.387 e. The summed E-state index contributed by atoms with van der Waals surface area (Å²) in [4.78, 5) is 4.65. The highest BCUT2D eigenvalue weighted by Crippen LogP contribution is 2.42. The smallest absolute Gasteiger partial charge is 0.148 e. The van der Waals surface area contributed by atoms with Crippen LogP contribution in [0.15, 0.2) is 16.6 Å². The molecule has 2 aromatic rings. The average molecular weight is 309 g/mol. The van der Waals surface area contributed by atoms with Gasteiger partial charge in [-0.25, -0.2) is 4.39 Å². The van der Waals surface area contributed by atoms with E-state index < -0.39 is 0 Å². The Morgan fingerprint density at radius 2 is 2.11 bits per heavy atom. The van der Waals surface area contributed by atoms with Gasteiger partial charge < -0.3 is 5.32 Å². The third-order valence-electron chi connectivity index (χ3n) is 3.45. The third-order valence-corrected chi connectivity index (χ3v) is 4.03. The maximum absolute atomic E-state index is 14.2.